The van der Waals surface area contributed by atoms with Crippen LogP contribution in [0.15, 0.2) is 43.0 Å². The van der Waals surface area contributed by atoms with E-state index >= 15 is 0 Å². The summed E-state index contributed by atoms with van der Waals surface area (Å²) < 4.78 is 4.81. The minimum atomic E-state index is -0.842. The standard InChI is InChI=1S/C12H12O3/c1-2-8-15-12(14)11(9-13)10-6-4-3-5-7-10/h2-7,9,11H,1,8H2. The molecule has 0 spiro atoms. The third-order valence-corrected chi connectivity index (χ3v) is 1.89. The molecule has 78 valence electrons. The van der Waals surface area contributed by atoms with Crippen molar-refractivity contribution in [1.82, 2.24) is 0 Å². The van der Waals surface area contributed by atoms with Crippen LogP contribution in [0.1, 0.15) is 11.5 Å². The van der Waals surface area contributed by atoms with Crippen molar-refractivity contribution in [2.75, 3.05) is 6.61 Å². The number of benzene rings is 1. The minimum absolute atomic E-state index is 0.121. The lowest BCUT2D eigenvalue weighted by molar-refractivity contribution is -0.145. The zero-order valence-electron chi connectivity index (χ0n) is 8.26. The molecular weight excluding hydrogens is 192 g/mol. The second-order valence-corrected chi connectivity index (χ2v) is 2.94. The third kappa shape index (κ3) is 3.06. The van der Waals surface area contributed by atoms with Crippen molar-refractivity contribution in [2.45, 2.75) is 5.92 Å². The van der Waals surface area contributed by atoms with Crippen molar-refractivity contribution in [3.63, 3.8) is 0 Å². The van der Waals surface area contributed by atoms with Gasteiger partial charge in [0.05, 0.1) is 0 Å². The van der Waals surface area contributed by atoms with E-state index < -0.39 is 11.9 Å². The van der Waals surface area contributed by atoms with Gasteiger partial charge in [-0.15, -0.1) is 0 Å². The summed E-state index contributed by atoms with van der Waals surface area (Å²) in [6, 6.07) is 8.79. The van der Waals surface area contributed by atoms with Gasteiger partial charge in [0.2, 0.25) is 0 Å². The normalized spacial score (nSPS) is 11.5. The topological polar surface area (TPSA) is 43.4 Å². The van der Waals surface area contributed by atoms with Crippen molar-refractivity contribution >= 4 is 12.3 Å². The Labute approximate surface area is 88.4 Å². The van der Waals surface area contributed by atoms with Crippen LogP contribution in [0.2, 0.25) is 0 Å². The van der Waals surface area contributed by atoms with E-state index in [1.165, 1.54) is 6.08 Å². The molecule has 0 amide bonds. The van der Waals surface area contributed by atoms with Crippen molar-refractivity contribution in [1.29, 1.82) is 0 Å². The predicted molar refractivity (Wildman–Crippen MR) is 56.4 cm³/mol. The summed E-state index contributed by atoms with van der Waals surface area (Å²) in [4.78, 5) is 22.2. The van der Waals surface area contributed by atoms with Gasteiger partial charge >= 0.3 is 5.97 Å². The van der Waals surface area contributed by atoms with Crippen LogP contribution < -0.4 is 0 Å². The summed E-state index contributed by atoms with van der Waals surface area (Å²) in [5.41, 5.74) is 0.640. The Kier molecular flexibility index (Phi) is 4.29. The summed E-state index contributed by atoms with van der Waals surface area (Å²) in [6.07, 6.45) is 2.05. The molecule has 1 aromatic carbocycles. The first-order valence-electron chi connectivity index (χ1n) is 4.57. The van der Waals surface area contributed by atoms with Crippen LogP contribution in [0.25, 0.3) is 0 Å². The van der Waals surface area contributed by atoms with Gasteiger partial charge in [-0.2, -0.15) is 0 Å². The Hall–Kier alpha value is -1.90. The highest BCUT2D eigenvalue weighted by Gasteiger charge is 2.20. The van der Waals surface area contributed by atoms with Crippen molar-refractivity contribution in [2.24, 2.45) is 0 Å². The monoisotopic (exact) mass is 204 g/mol. The van der Waals surface area contributed by atoms with Crippen LogP contribution >= 0.6 is 0 Å². The number of ether oxygens (including phenoxy) is 1. The Morgan fingerprint density at radius 1 is 1.40 bits per heavy atom. The zero-order chi connectivity index (χ0) is 11.1. The molecule has 3 heteroatoms. The van der Waals surface area contributed by atoms with E-state index in [1.54, 1.807) is 24.3 Å². The maximum atomic E-state index is 11.4. The minimum Gasteiger partial charge on any atom is -0.461 e. The molecule has 0 aromatic heterocycles. The number of carbonyl (C=O) groups is 2. The van der Waals surface area contributed by atoms with E-state index in [0.717, 1.165) is 0 Å². The van der Waals surface area contributed by atoms with E-state index in [4.69, 9.17) is 4.74 Å². The number of esters is 1. The number of rotatable bonds is 5. The average Bonchev–Trinajstić information content (AvgIpc) is 2.29. The highest BCUT2D eigenvalue weighted by atomic mass is 16.5. The van der Waals surface area contributed by atoms with Crippen LogP contribution in [-0.4, -0.2) is 18.9 Å². The fourth-order valence-electron chi connectivity index (χ4n) is 1.16. The van der Waals surface area contributed by atoms with Gasteiger partial charge < -0.3 is 9.53 Å². The molecule has 1 atom stereocenters. The lowest BCUT2D eigenvalue weighted by Crippen LogP contribution is -2.17. The summed E-state index contributed by atoms with van der Waals surface area (Å²) in [5, 5.41) is 0. The Balaban J connectivity index is 2.76. The first-order chi connectivity index (χ1) is 7.29. The van der Waals surface area contributed by atoms with Gasteiger partial charge in [-0.3, -0.25) is 4.79 Å². The summed E-state index contributed by atoms with van der Waals surface area (Å²) in [5.74, 6) is -1.39. The zero-order valence-corrected chi connectivity index (χ0v) is 8.26. The van der Waals surface area contributed by atoms with Crippen molar-refractivity contribution in [3.8, 4) is 0 Å². The number of aldehydes is 1. The number of hydrogen-bond acceptors (Lipinski definition) is 3. The van der Waals surface area contributed by atoms with Gasteiger partial charge in [-0.25, -0.2) is 0 Å². The molecule has 1 rings (SSSR count). The van der Waals surface area contributed by atoms with Gasteiger partial charge in [0.15, 0.2) is 0 Å². The lowest BCUT2D eigenvalue weighted by atomic mass is 10.0. The lowest BCUT2D eigenvalue weighted by Gasteiger charge is -2.08. The molecule has 0 N–H and O–H groups in total. The molecule has 3 nitrogen and oxygen atoms in total. The Bertz CT molecular complexity index is 343. The summed E-state index contributed by atoms with van der Waals surface area (Å²) in [7, 11) is 0. The number of hydrogen-bond donors (Lipinski definition) is 0. The molecule has 0 bridgehead atoms. The van der Waals surface area contributed by atoms with Crippen LogP contribution in [0, 0.1) is 0 Å². The molecule has 0 aliphatic rings. The molecule has 0 radical (unpaired) electrons. The third-order valence-electron chi connectivity index (χ3n) is 1.89. The first kappa shape index (κ1) is 11.2. The highest BCUT2D eigenvalue weighted by molar-refractivity contribution is 5.94. The van der Waals surface area contributed by atoms with Gasteiger partial charge in [0.25, 0.3) is 0 Å². The largest absolute Gasteiger partial charge is 0.461 e. The van der Waals surface area contributed by atoms with Gasteiger partial charge in [0, 0.05) is 0 Å². The van der Waals surface area contributed by atoms with E-state index in [-0.39, 0.29) is 6.61 Å². The Morgan fingerprint density at radius 3 is 2.60 bits per heavy atom. The SMILES string of the molecule is C=CCOC(=O)C(C=O)c1ccccc1. The molecule has 15 heavy (non-hydrogen) atoms. The van der Waals surface area contributed by atoms with Crippen LogP contribution in [0.3, 0.4) is 0 Å². The van der Waals surface area contributed by atoms with E-state index in [0.29, 0.717) is 11.8 Å². The summed E-state index contributed by atoms with van der Waals surface area (Å²) >= 11 is 0. The number of carbonyl (C=O) groups excluding carboxylic acids is 2. The van der Waals surface area contributed by atoms with E-state index in [9.17, 15) is 9.59 Å². The predicted octanol–water partition coefficient (Wildman–Crippen LogP) is 1.70. The van der Waals surface area contributed by atoms with Crippen LogP contribution in [-0.2, 0) is 14.3 Å². The van der Waals surface area contributed by atoms with Gasteiger partial charge in [-0.05, 0) is 5.56 Å². The van der Waals surface area contributed by atoms with Crippen LogP contribution in [0.4, 0.5) is 0 Å². The molecule has 0 heterocycles. The molecule has 1 aromatic rings. The molecule has 0 aliphatic heterocycles. The highest BCUT2D eigenvalue weighted by Crippen LogP contribution is 2.14. The summed E-state index contributed by atoms with van der Waals surface area (Å²) in [6.45, 7) is 3.55. The molecule has 0 fully saturated rings. The van der Waals surface area contributed by atoms with Crippen LogP contribution in [0.5, 0.6) is 0 Å². The fourth-order valence-corrected chi connectivity index (χ4v) is 1.16. The van der Waals surface area contributed by atoms with Gasteiger partial charge in [-0.1, -0.05) is 43.0 Å². The average molecular weight is 204 g/mol. The molecular formula is C12H12O3. The molecule has 1 unspecified atom stereocenters. The molecule has 0 aliphatic carbocycles. The molecule has 0 saturated carbocycles. The smallest absolute Gasteiger partial charge is 0.321 e. The van der Waals surface area contributed by atoms with E-state index in [2.05, 4.69) is 6.58 Å². The van der Waals surface area contributed by atoms with Crippen molar-refractivity contribution in [3.05, 3.63) is 48.6 Å². The molecule has 0 saturated heterocycles. The van der Waals surface area contributed by atoms with E-state index in [1.807, 2.05) is 6.07 Å². The van der Waals surface area contributed by atoms with Crippen molar-refractivity contribution < 1.29 is 14.3 Å². The Morgan fingerprint density at radius 2 is 2.07 bits per heavy atom. The second-order valence-electron chi connectivity index (χ2n) is 2.94. The first-order valence-corrected chi connectivity index (χ1v) is 4.57. The maximum Gasteiger partial charge on any atom is 0.321 e. The fraction of sp³-hybridized carbons (Fsp3) is 0.167. The maximum absolute atomic E-state index is 11.4. The quantitative estimate of drug-likeness (QED) is 0.317. The van der Waals surface area contributed by atoms with Gasteiger partial charge in [0.1, 0.15) is 18.8 Å². The second kappa shape index (κ2) is 5.75.